The topological polar surface area (TPSA) is 52.9 Å². The van der Waals surface area contributed by atoms with Crippen molar-refractivity contribution in [3.63, 3.8) is 0 Å². The molecule has 0 amide bonds. The van der Waals surface area contributed by atoms with Gasteiger partial charge in [-0.3, -0.25) is 0 Å². The van der Waals surface area contributed by atoms with Crippen molar-refractivity contribution >= 4 is 18.3 Å². The number of anilines is 1. The molecule has 0 unspecified atom stereocenters. The van der Waals surface area contributed by atoms with E-state index in [4.69, 9.17) is 14.8 Å². The van der Waals surface area contributed by atoms with Gasteiger partial charge in [0.1, 0.15) is 0 Å². The molecule has 0 saturated carbocycles. The number of halogens is 3. The van der Waals surface area contributed by atoms with Crippen LogP contribution in [0.3, 0.4) is 0 Å². The Morgan fingerprint density at radius 2 is 1.79 bits per heavy atom. The highest BCUT2D eigenvalue weighted by molar-refractivity contribution is 6.58. The molecule has 1 aliphatic heterocycles. The van der Waals surface area contributed by atoms with Crippen molar-refractivity contribution in [2.45, 2.75) is 6.18 Å². The van der Waals surface area contributed by atoms with E-state index < -0.39 is 18.9 Å². The van der Waals surface area contributed by atoms with Gasteiger partial charge in [0.05, 0.1) is 18.8 Å². The maximum atomic E-state index is 13.0. The first kappa shape index (κ1) is 14.2. The Morgan fingerprint density at radius 1 is 1.16 bits per heavy atom. The molecule has 1 heterocycles. The van der Waals surface area contributed by atoms with E-state index in [0.717, 1.165) is 6.07 Å². The van der Waals surface area contributed by atoms with Crippen LogP contribution in [0.5, 0.6) is 0 Å². The standard InChI is InChI=1S/C11H13BF3NO3/c13-11(14,15)9-7-8(12(17)18)1-2-10(9)16-3-5-19-6-4-16/h1-2,7,17-18H,3-6H2. The molecule has 19 heavy (non-hydrogen) atoms. The van der Waals surface area contributed by atoms with E-state index in [2.05, 4.69) is 0 Å². The van der Waals surface area contributed by atoms with E-state index in [-0.39, 0.29) is 11.2 Å². The molecule has 0 radical (unpaired) electrons. The van der Waals surface area contributed by atoms with Crippen LogP contribution in [0.25, 0.3) is 0 Å². The van der Waals surface area contributed by atoms with E-state index in [9.17, 15) is 13.2 Å². The fourth-order valence-corrected chi connectivity index (χ4v) is 2.02. The molecule has 2 rings (SSSR count). The van der Waals surface area contributed by atoms with Crippen LogP contribution >= 0.6 is 0 Å². The summed E-state index contributed by atoms with van der Waals surface area (Å²) < 4.78 is 44.2. The van der Waals surface area contributed by atoms with Crippen molar-refractivity contribution < 1.29 is 28.0 Å². The zero-order valence-corrected chi connectivity index (χ0v) is 10.0. The molecule has 0 aliphatic carbocycles. The van der Waals surface area contributed by atoms with Crippen molar-refractivity contribution in [3.8, 4) is 0 Å². The van der Waals surface area contributed by atoms with E-state index in [1.54, 1.807) is 4.90 Å². The highest BCUT2D eigenvalue weighted by Gasteiger charge is 2.36. The molecule has 1 aliphatic rings. The van der Waals surface area contributed by atoms with Crippen LogP contribution in [-0.2, 0) is 10.9 Å². The van der Waals surface area contributed by atoms with E-state index in [0.29, 0.717) is 26.3 Å². The van der Waals surface area contributed by atoms with Crippen LogP contribution in [0.15, 0.2) is 18.2 Å². The van der Waals surface area contributed by atoms with Gasteiger partial charge in [-0.2, -0.15) is 13.2 Å². The molecule has 8 heteroatoms. The molecular weight excluding hydrogens is 262 g/mol. The predicted molar refractivity (Wildman–Crippen MR) is 64.3 cm³/mol. The number of alkyl halides is 3. The summed E-state index contributed by atoms with van der Waals surface area (Å²) in [5.41, 5.74) is -0.996. The van der Waals surface area contributed by atoms with Gasteiger partial charge in [0.2, 0.25) is 0 Å². The molecule has 104 valence electrons. The van der Waals surface area contributed by atoms with Crippen molar-refractivity contribution in [1.82, 2.24) is 0 Å². The van der Waals surface area contributed by atoms with Gasteiger partial charge < -0.3 is 19.7 Å². The van der Waals surface area contributed by atoms with Crippen molar-refractivity contribution in [2.75, 3.05) is 31.2 Å². The Bertz CT molecular complexity index is 447. The third-order valence-electron chi connectivity index (χ3n) is 2.98. The highest BCUT2D eigenvalue weighted by Crippen LogP contribution is 2.36. The second-order valence-electron chi connectivity index (χ2n) is 4.25. The Hall–Kier alpha value is -1.25. The van der Waals surface area contributed by atoms with E-state index >= 15 is 0 Å². The van der Waals surface area contributed by atoms with Gasteiger partial charge >= 0.3 is 13.3 Å². The second kappa shape index (κ2) is 5.40. The van der Waals surface area contributed by atoms with Crippen LogP contribution in [0.1, 0.15) is 5.56 Å². The summed E-state index contributed by atoms with van der Waals surface area (Å²) in [5, 5.41) is 17.9. The van der Waals surface area contributed by atoms with E-state index in [1.165, 1.54) is 12.1 Å². The van der Waals surface area contributed by atoms with E-state index in [1.807, 2.05) is 0 Å². The number of hydrogen-bond acceptors (Lipinski definition) is 4. The Balaban J connectivity index is 2.41. The molecule has 0 spiro atoms. The highest BCUT2D eigenvalue weighted by atomic mass is 19.4. The van der Waals surface area contributed by atoms with Gasteiger partial charge in [0.25, 0.3) is 0 Å². The van der Waals surface area contributed by atoms with Gasteiger partial charge in [-0.25, -0.2) is 0 Å². The summed E-state index contributed by atoms with van der Waals surface area (Å²) in [6, 6.07) is 3.32. The average Bonchev–Trinajstić information content (AvgIpc) is 2.38. The molecule has 0 aromatic heterocycles. The summed E-state index contributed by atoms with van der Waals surface area (Å²) in [6.45, 7) is 1.51. The minimum Gasteiger partial charge on any atom is -0.423 e. The zero-order chi connectivity index (χ0) is 14.0. The van der Waals surface area contributed by atoms with Crippen LogP contribution in [-0.4, -0.2) is 43.5 Å². The first-order valence-corrected chi connectivity index (χ1v) is 5.79. The Kier molecular flexibility index (Phi) is 4.03. The molecule has 4 nitrogen and oxygen atoms in total. The summed E-state index contributed by atoms with van der Waals surface area (Å²) in [6.07, 6.45) is -4.54. The number of nitrogens with zero attached hydrogens (tertiary/aromatic N) is 1. The lowest BCUT2D eigenvalue weighted by atomic mass is 9.79. The number of rotatable bonds is 2. The Labute approximate surface area is 108 Å². The fraction of sp³-hybridized carbons (Fsp3) is 0.455. The lowest BCUT2D eigenvalue weighted by molar-refractivity contribution is -0.137. The first-order chi connectivity index (χ1) is 8.89. The van der Waals surface area contributed by atoms with Crippen molar-refractivity contribution in [1.29, 1.82) is 0 Å². The van der Waals surface area contributed by atoms with Gasteiger partial charge in [0, 0.05) is 18.8 Å². The average molecular weight is 275 g/mol. The van der Waals surface area contributed by atoms with Crippen LogP contribution in [0, 0.1) is 0 Å². The van der Waals surface area contributed by atoms with Gasteiger partial charge in [-0.1, -0.05) is 6.07 Å². The monoisotopic (exact) mass is 275 g/mol. The van der Waals surface area contributed by atoms with Crippen LogP contribution < -0.4 is 10.4 Å². The minimum atomic E-state index is -4.54. The van der Waals surface area contributed by atoms with Gasteiger partial charge in [-0.05, 0) is 17.6 Å². The zero-order valence-electron chi connectivity index (χ0n) is 10.0. The third-order valence-corrected chi connectivity index (χ3v) is 2.98. The molecule has 1 aromatic rings. The first-order valence-electron chi connectivity index (χ1n) is 5.79. The maximum Gasteiger partial charge on any atom is 0.488 e. The second-order valence-corrected chi connectivity index (χ2v) is 4.25. The molecule has 1 fully saturated rings. The van der Waals surface area contributed by atoms with Crippen molar-refractivity contribution in [2.24, 2.45) is 0 Å². The van der Waals surface area contributed by atoms with Crippen LogP contribution in [0.4, 0.5) is 18.9 Å². The summed E-state index contributed by atoms with van der Waals surface area (Å²) in [7, 11) is -1.92. The van der Waals surface area contributed by atoms with Crippen molar-refractivity contribution in [3.05, 3.63) is 23.8 Å². The van der Waals surface area contributed by atoms with Gasteiger partial charge in [0.15, 0.2) is 0 Å². The lowest BCUT2D eigenvalue weighted by Gasteiger charge is -2.31. The number of hydrogen-bond donors (Lipinski definition) is 2. The lowest BCUT2D eigenvalue weighted by Crippen LogP contribution is -2.38. The quantitative estimate of drug-likeness (QED) is 0.758. The summed E-state index contributed by atoms with van der Waals surface area (Å²) >= 11 is 0. The molecule has 0 atom stereocenters. The van der Waals surface area contributed by atoms with Crippen LogP contribution in [0.2, 0.25) is 0 Å². The molecule has 1 saturated heterocycles. The minimum absolute atomic E-state index is 0.0419. The summed E-state index contributed by atoms with van der Waals surface area (Å²) in [5.74, 6) is 0. The maximum absolute atomic E-state index is 13.0. The SMILES string of the molecule is OB(O)c1ccc(N2CCOCC2)c(C(F)(F)F)c1. The predicted octanol–water partition coefficient (Wildman–Crippen LogP) is 0.222. The fourth-order valence-electron chi connectivity index (χ4n) is 2.02. The molecule has 2 N–H and O–H groups in total. The number of benzene rings is 1. The number of morpholine rings is 1. The molecule has 0 bridgehead atoms. The Morgan fingerprint density at radius 3 is 2.32 bits per heavy atom. The third kappa shape index (κ3) is 3.20. The summed E-state index contributed by atoms with van der Waals surface area (Å²) in [4.78, 5) is 1.58. The smallest absolute Gasteiger partial charge is 0.423 e. The van der Waals surface area contributed by atoms with Gasteiger partial charge in [-0.15, -0.1) is 0 Å². The molecular formula is C11H13BF3NO3. The normalized spacial score (nSPS) is 16.6. The largest absolute Gasteiger partial charge is 0.488 e. The molecule has 1 aromatic carbocycles. The number of ether oxygens (including phenoxy) is 1.